The standard InChI is InChI=1S/C49H54F2N8O6.C47H50F2N8O6.CH4/c1-24(2)39(56-46(62)64-5)44(60)58-23-48(15-16-48)21-38(58)42-52-22-37(55-42)28-9-13-32-31-12-8-26(18-33(31)49(50,51)34(32)19-28)27-10-14-35-36(20-27)54-43(53-35)41-29-7-11-30(17-29)59(41)45(61)40(25(3)4)57-47(63)65-6;1-23(2)38(55-45(61)63-5)43(59)56-22-46(14-15-46)20-37(56)40-50-21-36(54-40)27-8-12-31-30-11-7-25(17-32(30)47(48,49)33(31)18-27)26-9-13-34-35(19-26)53-41(52-34)39-28-6-10-29(16-28)57(39)42(58)24(3)51-44(60)62-4;/h8-10,12-14,18-20,22,24-25,29-30,38-41H,7,11,15-17,21,23H2,1-6H3,(H,52,55)(H,53,54)(H,56,62)(H,57,63);7-9,11-13,17-19,21,23-24,28-29,37-39H,6,10,14-16,20,22H2,1-5H3,(H,50,54)(H,51,60)(H,52,53)(H,55,61);1H4/t29-,30+,38-,39-,40-,41-;24-,28-,29+,37-,38-,39-;/m00./s1. The number of alkyl halides is 4. The molecule has 28 nitrogen and oxygen atoms in total. The molecular weight excluding hydrogens is 1660 g/mol. The molecule has 0 unspecified atom stereocenters. The normalized spacial score (nSPS) is 22.9. The first-order valence-electron chi connectivity index (χ1n) is 44.4. The van der Waals surface area contributed by atoms with E-state index in [-0.39, 0.29) is 130 Å². The van der Waals surface area contributed by atoms with Gasteiger partial charge in [-0.25, -0.2) is 39.1 Å². The predicted molar refractivity (Wildman–Crippen MR) is 472 cm³/mol. The van der Waals surface area contributed by atoms with Gasteiger partial charge in [-0.2, -0.15) is 17.6 Å². The molecule has 10 aromatic rings. The molecule has 2 spiro atoms. The lowest BCUT2D eigenvalue weighted by Crippen LogP contribution is -2.54. The summed E-state index contributed by atoms with van der Waals surface area (Å²) in [5, 5.41) is 10.7. The van der Waals surface area contributed by atoms with E-state index in [4.69, 9.17) is 38.9 Å². The molecule has 8 amide bonds. The Morgan fingerprint density at radius 2 is 0.744 bits per heavy atom. The van der Waals surface area contributed by atoms with E-state index >= 15 is 17.6 Å². The van der Waals surface area contributed by atoms with Crippen LogP contribution in [0.4, 0.5) is 36.7 Å². The molecule has 4 aliphatic heterocycles. The van der Waals surface area contributed by atoms with Gasteiger partial charge in [-0.15, -0.1) is 0 Å². The summed E-state index contributed by atoms with van der Waals surface area (Å²) >= 11 is 0. The number of nitrogens with zero attached hydrogens (tertiary/aromatic N) is 8. The van der Waals surface area contributed by atoms with Crippen molar-refractivity contribution in [3.8, 4) is 67.0 Å². The van der Waals surface area contributed by atoms with Crippen molar-refractivity contribution >= 4 is 70.1 Å². The Kier molecular flexibility index (Phi) is 22.2. The van der Waals surface area contributed by atoms with E-state index in [1.165, 1.54) is 40.6 Å². The molecule has 4 aromatic heterocycles. The number of carbonyl (C=O) groups is 8. The van der Waals surface area contributed by atoms with Crippen molar-refractivity contribution in [3.63, 3.8) is 0 Å². The van der Waals surface area contributed by atoms with Crippen LogP contribution >= 0.6 is 0 Å². The van der Waals surface area contributed by atoms with Gasteiger partial charge in [-0.05, 0) is 217 Å². The van der Waals surface area contributed by atoms with Gasteiger partial charge in [-0.1, -0.05) is 110 Å². The van der Waals surface area contributed by atoms with Gasteiger partial charge in [-0.3, -0.25) is 19.2 Å². The van der Waals surface area contributed by atoms with Crippen LogP contribution in [0.2, 0.25) is 0 Å². The first kappa shape index (κ1) is 87.1. The van der Waals surface area contributed by atoms with Crippen LogP contribution < -0.4 is 21.3 Å². The highest BCUT2D eigenvalue weighted by Crippen LogP contribution is 2.62. The van der Waals surface area contributed by atoms with Crippen LogP contribution in [0.3, 0.4) is 0 Å². The number of imidazole rings is 4. The fraction of sp³-hybridized carbons (Fsp3) is 0.464. The molecule has 12 atom stereocenters. The Bertz CT molecular complexity index is 6170. The smallest absolute Gasteiger partial charge is 0.407 e. The van der Waals surface area contributed by atoms with Gasteiger partial charge in [0.25, 0.3) is 11.8 Å². The van der Waals surface area contributed by atoms with Gasteiger partial charge in [0.05, 0.1) is 98.5 Å². The van der Waals surface area contributed by atoms with Crippen LogP contribution in [0.5, 0.6) is 0 Å². The zero-order valence-corrected chi connectivity index (χ0v) is 73.1. The number of alkyl carbamates (subject to hydrolysis) is 4. The fourth-order valence-corrected chi connectivity index (χ4v) is 21.7. The Labute approximate surface area is 743 Å². The number of halogens is 4. The number of nitrogens with one attached hydrogen (secondary N) is 8. The van der Waals surface area contributed by atoms with E-state index in [9.17, 15) is 38.4 Å². The quantitative estimate of drug-likeness (QED) is 0.0275. The van der Waals surface area contributed by atoms with Gasteiger partial charge in [0, 0.05) is 58.6 Å². The Morgan fingerprint density at radius 3 is 1.11 bits per heavy atom. The molecule has 20 rings (SSSR count). The van der Waals surface area contributed by atoms with E-state index in [1.807, 2.05) is 112 Å². The maximum Gasteiger partial charge on any atom is 0.407 e. The van der Waals surface area contributed by atoms with E-state index in [0.717, 1.165) is 99.2 Å². The van der Waals surface area contributed by atoms with Gasteiger partial charge in [0.15, 0.2) is 0 Å². The number of fused-ring (bicyclic) bond motifs is 12. The summed E-state index contributed by atoms with van der Waals surface area (Å²) in [7, 11) is 5.07. The molecule has 4 saturated carbocycles. The average Bonchev–Trinajstić information content (AvgIpc) is 1.61. The Morgan fingerprint density at radius 1 is 0.411 bits per heavy atom. The fourth-order valence-electron chi connectivity index (χ4n) is 21.7. The molecule has 676 valence electrons. The number of hydrogen-bond acceptors (Lipinski definition) is 16. The largest absolute Gasteiger partial charge is 0.453 e. The second-order valence-electron chi connectivity index (χ2n) is 37.9. The minimum Gasteiger partial charge on any atom is -0.453 e. The molecule has 8 N–H and O–H groups in total. The van der Waals surface area contributed by atoms with Gasteiger partial charge in [0.2, 0.25) is 23.6 Å². The van der Waals surface area contributed by atoms with Crippen molar-refractivity contribution in [1.82, 2.24) is 80.7 Å². The number of ether oxygens (including phenoxy) is 4. The first-order chi connectivity index (χ1) is 61.3. The number of aromatic nitrogens is 8. The predicted octanol–water partition coefficient (Wildman–Crippen LogP) is 17.2. The second kappa shape index (κ2) is 32.8. The van der Waals surface area contributed by atoms with E-state index in [1.54, 1.807) is 65.5 Å². The summed E-state index contributed by atoms with van der Waals surface area (Å²) in [6.45, 7) is 14.0. The molecular formula is C97H108F4N16O12. The van der Waals surface area contributed by atoms with Gasteiger partial charge in [0.1, 0.15) is 47.5 Å². The van der Waals surface area contributed by atoms with Crippen molar-refractivity contribution in [2.24, 2.45) is 40.4 Å². The van der Waals surface area contributed by atoms with Crippen molar-refractivity contribution in [3.05, 3.63) is 167 Å². The van der Waals surface area contributed by atoms with Crippen molar-refractivity contribution in [2.75, 3.05) is 41.5 Å². The first-order valence-corrected chi connectivity index (χ1v) is 44.4. The molecule has 129 heavy (non-hydrogen) atoms. The minimum atomic E-state index is -3.29. The number of piperidine rings is 2. The number of H-pyrrole nitrogens is 4. The topological polar surface area (TPSA) is 349 Å². The number of benzene rings is 6. The van der Waals surface area contributed by atoms with Crippen LogP contribution in [0.1, 0.15) is 203 Å². The van der Waals surface area contributed by atoms with Crippen LogP contribution in [0.25, 0.3) is 89.1 Å². The third-order valence-corrected chi connectivity index (χ3v) is 28.9. The summed E-state index contributed by atoms with van der Waals surface area (Å²) < 4.78 is 85.7. The molecule has 6 aliphatic carbocycles. The maximum atomic E-state index is 16.7. The van der Waals surface area contributed by atoms with Gasteiger partial charge < -0.3 is 79.8 Å². The molecule has 0 radical (unpaired) electrons. The maximum absolute atomic E-state index is 16.7. The lowest BCUT2D eigenvalue weighted by Gasteiger charge is -2.37. The molecule has 6 aromatic carbocycles. The SMILES string of the molecule is C.COC(=O)N[C@@H](C)C(=O)N1[C@@H]2CC[C@@H](C2)[C@H]1c1nc2ccc(-c3ccc4c(c3)C(F)(F)c3cc(-c5cnc([C@@H]6CC7(CC7)CN6C(=O)[C@@H](NC(=O)OC)C(C)C)[nH]5)ccc3-4)cc2[nH]1.COC(=O)N[C@H](C(=O)N1CC2(CC2)C[C@H]1c1ncc(-c2ccc3c(c2)C(F)(F)c2cc(-c4ccc5nc([C@@H]6[C@H]7CC[C@H](C7)N6C(=O)[C@@H](NC(=O)OC)C(C)C)[nH]c5c4)ccc2-3)[nH]1)C(C)C. The highest BCUT2D eigenvalue weighted by molar-refractivity contribution is 5.93. The number of rotatable bonds is 19. The Hall–Kier alpha value is -12.6. The van der Waals surface area contributed by atoms with E-state index in [2.05, 4.69) is 41.2 Å². The minimum absolute atomic E-state index is 0. The molecule has 8 heterocycles. The summed E-state index contributed by atoms with van der Waals surface area (Å²) in [6.07, 6.45) is 11.5. The van der Waals surface area contributed by atoms with Crippen LogP contribution in [0.15, 0.2) is 122 Å². The zero-order chi connectivity index (χ0) is 89.8. The van der Waals surface area contributed by atoms with Crippen molar-refractivity contribution in [1.29, 1.82) is 0 Å². The monoisotopic (exact) mass is 1760 g/mol. The lowest BCUT2D eigenvalue weighted by molar-refractivity contribution is -0.139. The summed E-state index contributed by atoms with van der Waals surface area (Å²) in [6, 6.07) is 27.6. The average molecular weight is 1770 g/mol. The molecule has 10 aliphatic rings. The third-order valence-electron chi connectivity index (χ3n) is 28.9. The van der Waals surface area contributed by atoms with Crippen molar-refractivity contribution < 1.29 is 74.9 Å². The third kappa shape index (κ3) is 15.3. The molecule has 32 heteroatoms. The summed E-state index contributed by atoms with van der Waals surface area (Å²) in [5.74, 6) is -4.92. The lowest BCUT2D eigenvalue weighted by atomic mass is 9.95. The number of methoxy groups -OCH3 is 4. The van der Waals surface area contributed by atoms with Gasteiger partial charge >= 0.3 is 24.4 Å². The second-order valence-corrected chi connectivity index (χ2v) is 37.9. The highest BCUT2D eigenvalue weighted by atomic mass is 19.3. The number of hydrogen-bond donors (Lipinski definition) is 8. The summed E-state index contributed by atoms with van der Waals surface area (Å²) in [5.41, 5.74) is 9.35. The molecule has 8 fully saturated rings. The molecule has 4 bridgehead atoms. The van der Waals surface area contributed by atoms with Crippen LogP contribution in [-0.4, -0.2) is 185 Å². The summed E-state index contributed by atoms with van der Waals surface area (Å²) in [4.78, 5) is 144. The zero-order valence-electron chi connectivity index (χ0n) is 73.1. The number of aromatic amines is 4. The number of likely N-dealkylation sites (tertiary alicyclic amines) is 4. The van der Waals surface area contributed by atoms with Crippen molar-refractivity contribution in [2.45, 2.75) is 205 Å². The number of carbonyl (C=O) groups excluding carboxylic acids is 8. The van der Waals surface area contributed by atoms with Crippen LogP contribution in [0, 0.1) is 40.4 Å². The van der Waals surface area contributed by atoms with E-state index < -0.39 is 60.4 Å². The Balaban J connectivity index is 0.000000173. The highest BCUT2D eigenvalue weighted by Gasteiger charge is 2.59. The van der Waals surface area contributed by atoms with E-state index in [0.29, 0.717) is 103 Å². The van der Waals surface area contributed by atoms with Crippen LogP contribution in [-0.2, 0) is 50.0 Å². The number of amides is 8. The molecule has 4 saturated heterocycles.